The van der Waals surface area contributed by atoms with Crippen molar-refractivity contribution in [3.8, 4) is 22.3 Å². The Balaban J connectivity index is 0.000000228. The van der Waals surface area contributed by atoms with Gasteiger partial charge in [-0.3, -0.25) is 6.08 Å². The van der Waals surface area contributed by atoms with E-state index < -0.39 is 0 Å². The molecule has 0 nitrogen and oxygen atoms in total. The SMILES string of the molecule is CC(C)C1[C-]=CC(C(C)(C)C)=C1.Cc1cc(C)c(-c2ccc3c(c2)[cH-]c2cc(-c4c(C)cc(C)cc4C)ccc23)c(C)c1.[Cl-].[Cl-].[Zr+2]=[C](c1ccccc1)c1ccccc1. The van der Waals surface area contributed by atoms with Crippen molar-refractivity contribution in [3.63, 3.8) is 0 Å². The number of aryl methyl sites for hydroxylation is 6. The molecule has 0 amide bonds. The van der Waals surface area contributed by atoms with Crippen molar-refractivity contribution < 1.29 is 49.0 Å². The van der Waals surface area contributed by atoms with E-state index in [-0.39, 0.29) is 30.2 Å². The molecule has 1 aliphatic rings. The molecule has 0 aromatic heterocycles. The summed E-state index contributed by atoms with van der Waals surface area (Å²) in [5.41, 5.74) is 17.8. The number of allylic oxidation sites excluding steroid dienone is 4. The Morgan fingerprint density at radius 3 is 1.29 bits per heavy atom. The molecule has 7 aromatic carbocycles. The molecule has 1 aliphatic carbocycles. The third-order valence-electron chi connectivity index (χ3n) is 11.1. The van der Waals surface area contributed by atoms with Crippen molar-refractivity contribution in [1.82, 2.24) is 0 Å². The van der Waals surface area contributed by atoms with Gasteiger partial charge in [-0.1, -0.05) is 123 Å². The van der Waals surface area contributed by atoms with Crippen molar-refractivity contribution >= 4 is 24.8 Å². The molecule has 0 bridgehead atoms. The number of hydrogen-bond donors (Lipinski definition) is 0. The quantitative estimate of drug-likeness (QED) is 0.151. The molecule has 0 N–H and O–H groups in total. The van der Waals surface area contributed by atoms with Crippen LogP contribution in [-0.4, -0.2) is 3.21 Å². The van der Waals surface area contributed by atoms with Crippen LogP contribution in [-0.2, 0) is 24.2 Å². The number of fused-ring (bicyclic) bond motifs is 3. The topological polar surface area (TPSA) is 0 Å². The standard InChI is InChI=1S/C31H29.C13H10.C12H19.2ClH.Zr/c1-18-11-20(3)30(21(4)12-18)24-7-9-28-26(15-24)17-27-16-25(8-10-29(27)28)31-22(5)13-19(2)14-23(31)6;1-3-7-12(8-4-1)11-13-9-5-2-6-10-13;1-9(2)10-6-7-11(8-10)12(3,4)5;;;/h7-17H,1-6H3;1-10H;7-10H,1-5H3;2*1H;/q-1;;-1;;;+2/p-2. The van der Waals surface area contributed by atoms with Crippen LogP contribution in [0.3, 0.4) is 0 Å². The first kappa shape index (κ1) is 47.7. The van der Waals surface area contributed by atoms with Gasteiger partial charge in [0.2, 0.25) is 0 Å². The monoisotopic (exact) mass is 890 g/mol. The fraction of sp³-hybridized carbons (Fsp3) is 0.250. The fourth-order valence-corrected chi connectivity index (χ4v) is 9.13. The molecule has 302 valence electrons. The molecular formula is C56H58Cl2Zr-2. The summed E-state index contributed by atoms with van der Waals surface area (Å²) in [6, 6.07) is 46.5. The molecule has 7 aromatic rings. The molecule has 0 radical (unpaired) electrons. The first-order valence-electron chi connectivity index (χ1n) is 20.4. The summed E-state index contributed by atoms with van der Waals surface area (Å²) in [6.07, 6.45) is 7.90. The predicted octanol–water partition coefficient (Wildman–Crippen LogP) is 9.31. The van der Waals surface area contributed by atoms with Gasteiger partial charge < -0.3 is 24.8 Å². The molecule has 0 fully saturated rings. The van der Waals surface area contributed by atoms with Crippen molar-refractivity contribution in [2.75, 3.05) is 0 Å². The van der Waals surface area contributed by atoms with Crippen molar-refractivity contribution in [1.29, 1.82) is 0 Å². The average molecular weight is 893 g/mol. The van der Waals surface area contributed by atoms with Crippen LogP contribution in [0.2, 0.25) is 0 Å². The summed E-state index contributed by atoms with van der Waals surface area (Å²) in [6.45, 7) is 24.5. The van der Waals surface area contributed by atoms with Gasteiger partial charge in [-0.2, -0.15) is 11.6 Å². The summed E-state index contributed by atoms with van der Waals surface area (Å²) in [5.74, 6) is 1.22. The fourth-order valence-electron chi connectivity index (χ4n) is 8.31. The zero-order valence-corrected chi connectivity index (χ0v) is 40.7. The van der Waals surface area contributed by atoms with Crippen LogP contribution in [0.4, 0.5) is 0 Å². The maximum absolute atomic E-state index is 3.40. The van der Waals surface area contributed by atoms with Gasteiger partial charge in [0.25, 0.3) is 0 Å². The van der Waals surface area contributed by atoms with E-state index >= 15 is 0 Å². The van der Waals surface area contributed by atoms with Crippen molar-refractivity contribution in [2.24, 2.45) is 17.3 Å². The van der Waals surface area contributed by atoms with Crippen molar-refractivity contribution in [2.45, 2.75) is 76.2 Å². The van der Waals surface area contributed by atoms with E-state index in [1.807, 2.05) is 0 Å². The van der Waals surface area contributed by atoms with Crippen LogP contribution < -0.4 is 24.8 Å². The second kappa shape index (κ2) is 20.5. The van der Waals surface area contributed by atoms with Crippen molar-refractivity contribution in [3.05, 3.63) is 196 Å². The minimum absolute atomic E-state index is 0. The molecule has 59 heavy (non-hydrogen) atoms. The molecule has 0 saturated heterocycles. The Hall–Kier alpha value is -4.00. The van der Waals surface area contributed by atoms with E-state index in [4.69, 9.17) is 0 Å². The summed E-state index contributed by atoms with van der Waals surface area (Å²) in [7, 11) is 0. The molecule has 1 atom stereocenters. The van der Waals surface area contributed by atoms with E-state index in [1.54, 1.807) is 0 Å². The van der Waals surface area contributed by atoms with Gasteiger partial charge in [-0.25, -0.2) is 6.08 Å². The first-order chi connectivity index (χ1) is 27.1. The van der Waals surface area contributed by atoms with Gasteiger partial charge >= 0.3 is 99.2 Å². The van der Waals surface area contributed by atoms with E-state index in [9.17, 15) is 0 Å². The Kier molecular flexibility index (Phi) is 16.6. The average Bonchev–Trinajstić information content (AvgIpc) is 3.81. The van der Waals surface area contributed by atoms with Crippen LogP contribution in [0, 0.1) is 64.9 Å². The zero-order chi connectivity index (χ0) is 41.0. The Morgan fingerprint density at radius 1 is 0.576 bits per heavy atom. The van der Waals surface area contributed by atoms with E-state index in [0.717, 1.165) is 0 Å². The molecule has 3 heteroatoms. The van der Waals surface area contributed by atoms with Gasteiger partial charge in [-0.05, 0) is 74.9 Å². The second-order valence-corrected chi connectivity index (χ2v) is 18.6. The predicted molar refractivity (Wildman–Crippen MR) is 246 cm³/mol. The Morgan fingerprint density at radius 2 is 0.966 bits per heavy atom. The summed E-state index contributed by atoms with van der Waals surface area (Å²) in [5, 5.41) is 5.32. The van der Waals surface area contributed by atoms with Gasteiger partial charge in [0.1, 0.15) is 0 Å². The van der Waals surface area contributed by atoms with E-state index in [1.165, 1.54) is 121 Å². The van der Waals surface area contributed by atoms with Gasteiger partial charge in [-0.15, -0.1) is 39.7 Å². The minimum atomic E-state index is 0. The third-order valence-corrected chi connectivity index (χ3v) is 12.6. The molecule has 1 unspecified atom stereocenters. The van der Waals surface area contributed by atoms with Crippen LogP contribution in [0.5, 0.6) is 0 Å². The first-order valence-corrected chi connectivity index (χ1v) is 21.6. The molecule has 0 aliphatic heterocycles. The Labute approximate surface area is 382 Å². The van der Waals surface area contributed by atoms with E-state index in [0.29, 0.717) is 11.8 Å². The van der Waals surface area contributed by atoms with Crippen LogP contribution >= 0.6 is 0 Å². The zero-order valence-electron chi connectivity index (χ0n) is 36.7. The number of halogens is 2. The molecule has 0 saturated carbocycles. The normalized spacial score (nSPS) is 13.2. The second-order valence-electron chi connectivity index (χ2n) is 17.4. The van der Waals surface area contributed by atoms with Gasteiger partial charge in [0.05, 0.1) is 0 Å². The summed E-state index contributed by atoms with van der Waals surface area (Å²) >= 11 is 1.46. The van der Waals surface area contributed by atoms with Gasteiger partial charge in [0, 0.05) is 0 Å². The van der Waals surface area contributed by atoms with Crippen LogP contribution in [0.15, 0.2) is 145 Å². The maximum atomic E-state index is 3.40. The summed E-state index contributed by atoms with van der Waals surface area (Å²) < 4.78 is 1.42. The number of rotatable bonds is 5. The molecular weight excluding hydrogens is 835 g/mol. The Bertz CT molecular complexity index is 2400. The molecule has 0 spiro atoms. The van der Waals surface area contributed by atoms with Gasteiger partial charge in [0.15, 0.2) is 0 Å². The molecule has 0 heterocycles. The van der Waals surface area contributed by atoms with Crippen LogP contribution in [0.1, 0.15) is 79.1 Å². The van der Waals surface area contributed by atoms with E-state index in [2.05, 4.69) is 222 Å². The molecule has 8 rings (SSSR count). The third kappa shape index (κ3) is 11.4. The number of hydrogen-bond acceptors (Lipinski definition) is 0. The van der Waals surface area contributed by atoms with Crippen LogP contribution in [0.25, 0.3) is 43.8 Å². The summed E-state index contributed by atoms with van der Waals surface area (Å²) in [4.78, 5) is 0. The number of benzene rings is 6.